The van der Waals surface area contributed by atoms with Crippen LogP contribution < -0.4 is 16.2 Å². The Morgan fingerprint density at radius 2 is 2.10 bits per heavy atom. The Morgan fingerprint density at radius 1 is 1.30 bits per heavy atom. The normalized spacial score (nSPS) is 20.6. The van der Waals surface area contributed by atoms with Crippen LogP contribution in [-0.4, -0.2) is 37.6 Å². The molecule has 3 aromatic heterocycles. The first-order chi connectivity index (χ1) is 14.3. The van der Waals surface area contributed by atoms with E-state index in [1.54, 1.807) is 13.1 Å². The quantitative estimate of drug-likeness (QED) is 0.609. The van der Waals surface area contributed by atoms with E-state index in [0.29, 0.717) is 5.39 Å². The molecular formula is C20H21F3N6O. The highest BCUT2D eigenvalue weighted by Gasteiger charge is 2.44. The number of fused-ring (bicyclic) bond motifs is 1. The van der Waals surface area contributed by atoms with Crippen LogP contribution >= 0.6 is 0 Å². The molecule has 0 radical (unpaired) electrons. The second-order valence-electron chi connectivity index (χ2n) is 8.22. The number of H-pyrrole nitrogens is 1. The Hall–Kier alpha value is -2.88. The lowest BCUT2D eigenvalue weighted by molar-refractivity contribution is -0.137. The monoisotopic (exact) mass is 418 g/mol. The SMILES string of the molecule is Cn1ccc2c(-c3nc(N[C@H]4CCC5(CC5)NC4)ncc3C(F)(F)F)c[nH]c2c1=O. The molecule has 2 fully saturated rings. The molecule has 2 aliphatic rings. The number of hydrogen-bond acceptors (Lipinski definition) is 5. The van der Waals surface area contributed by atoms with E-state index in [2.05, 4.69) is 25.6 Å². The van der Waals surface area contributed by atoms with Gasteiger partial charge in [0.2, 0.25) is 5.95 Å². The lowest BCUT2D eigenvalue weighted by Crippen LogP contribution is -2.46. The third-order valence-corrected chi connectivity index (χ3v) is 6.15. The van der Waals surface area contributed by atoms with Crippen molar-refractivity contribution in [3.05, 3.63) is 40.6 Å². The number of aryl methyl sites for hydroxylation is 1. The number of piperidine rings is 1. The molecule has 10 heteroatoms. The largest absolute Gasteiger partial charge is 0.419 e. The molecule has 1 saturated carbocycles. The van der Waals surface area contributed by atoms with Crippen molar-refractivity contribution in [2.45, 2.75) is 43.4 Å². The molecule has 7 nitrogen and oxygen atoms in total. The molecule has 30 heavy (non-hydrogen) atoms. The molecule has 5 rings (SSSR count). The number of nitrogens with zero attached hydrogens (tertiary/aromatic N) is 3. The Kier molecular flexibility index (Phi) is 4.18. The van der Waals surface area contributed by atoms with Crippen LogP contribution in [0.4, 0.5) is 19.1 Å². The van der Waals surface area contributed by atoms with Crippen molar-refractivity contribution in [1.82, 2.24) is 24.8 Å². The zero-order valence-electron chi connectivity index (χ0n) is 16.3. The van der Waals surface area contributed by atoms with Crippen molar-refractivity contribution in [3.8, 4) is 11.3 Å². The van der Waals surface area contributed by atoms with Crippen LogP contribution in [0.1, 0.15) is 31.2 Å². The van der Waals surface area contributed by atoms with Gasteiger partial charge in [0.25, 0.3) is 5.56 Å². The summed E-state index contributed by atoms with van der Waals surface area (Å²) >= 11 is 0. The first-order valence-electron chi connectivity index (χ1n) is 9.89. The molecule has 1 aliphatic heterocycles. The first kappa shape index (κ1) is 19.1. The standard InChI is InChI=1S/C20H21F3N6O/c1-29-7-3-12-13(9-24-16(12)17(29)30)15-14(20(21,22)23)10-25-18(28-15)27-11-2-4-19(5-6-19)26-8-11/h3,7,9-11,24,26H,2,4-6,8H2,1H3,(H,25,27,28)/t11-/m0/s1. The van der Waals surface area contributed by atoms with Crippen molar-refractivity contribution < 1.29 is 13.2 Å². The van der Waals surface area contributed by atoms with Gasteiger partial charge in [-0.15, -0.1) is 0 Å². The molecule has 4 heterocycles. The second-order valence-corrected chi connectivity index (χ2v) is 8.22. The molecule has 1 aliphatic carbocycles. The van der Waals surface area contributed by atoms with E-state index in [-0.39, 0.29) is 39.9 Å². The molecule has 3 N–H and O–H groups in total. The third kappa shape index (κ3) is 3.24. The van der Waals surface area contributed by atoms with E-state index in [9.17, 15) is 18.0 Å². The summed E-state index contributed by atoms with van der Waals surface area (Å²) in [6.45, 7) is 0.725. The van der Waals surface area contributed by atoms with Crippen LogP contribution in [0.15, 0.2) is 29.5 Å². The van der Waals surface area contributed by atoms with E-state index < -0.39 is 11.7 Å². The van der Waals surface area contributed by atoms with E-state index in [0.717, 1.165) is 25.6 Å². The summed E-state index contributed by atoms with van der Waals surface area (Å²) in [7, 11) is 1.58. The Morgan fingerprint density at radius 3 is 2.77 bits per heavy atom. The molecule has 0 bridgehead atoms. The lowest BCUT2D eigenvalue weighted by atomic mass is 9.99. The van der Waals surface area contributed by atoms with Crippen molar-refractivity contribution in [2.24, 2.45) is 7.05 Å². The average Bonchev–Trinajstić information content (AvgIpc) is 3.32. The van der Waals surface area contributed by atoms with Crippen LogP contribution in [-0.2, 0) is 13.2 Å². The van der Waals surface area contributed by atoms with E-state index in [1.807, 2.05) is 0 Å². The highest BCUT2D eigenvalue weighted by Crippen LogP contribution is 2.42. The minimum Gasteiger partial charge on any atom is -0.356 e. The average molecular weight is 418 g/mol. The predicted molar refractivity (Wildman–Crippen MR) is 106 cm³/mol. The Labute approximate surface area is 169 Å². The Bertz CT molecular complexity index is 1170. The van der Waals surface area contributed by atoms with Gasteiger partial charge in [0.1, 0.15) is 11.1 Å². The number of aromatic nitrogens is 4. The molecule has 1 spiro atoms. The number of aromatic amines is 1. The summed E-state index contributed by atoms with van der Waals surface area (Å²) in [4.78, 5) is 23.3. The molecule has 1 atom stereocenters. The van der Waals surface area contributed by atoms with Crippen LogP contribution in [0, 0.1) is 0 Å². The molecule has 3 aromatic rings. The van der Waals surface area contributed by atoms with E-state index in [4.69, 9.17) is 0 Å². The number of anilines is 1. The van der Waals surface area contributed by atoms with Crippen molar-refractivity contribution in [1.29, 1.82) is 0 Å². The van der Waals surface area contributed by atoms with Crippen molar-refractivity contribution in [2.75, 3.05) is 11.9 Å². The number of rotatable bonds is 3. The minimum atomic E-state index is -4.62. The Balaban J connectivity index is 1.53. The van der Waals surface area contributed by atoms with Gasteiger partial charge in [-0.1, -0.05) is 0 Å². The summed E-state index contributed by atoms with van der Waals surface area (Å²) in [5, 5.41) is 7.07. The fourth-order valence-electron chi connectivity index (χ4n) is 4.14. The summed E-state index contributed by atoms with van der Waals surface area (Å²) in [6.07, 6.45) is 3.41. The summed E-state index contributed by atoms with van der Waals surface area (Å²) in [6, 6.07) is 1.66. The van der Waals surface area contributed by atoms with Crippen LogP contribution in [0.2, 0.25) is 0 Å². The number of halogens is 3. The summed E-state index contributed by atoms with van der Waals surface area (Å²) in [5.74, 6) is 0.148. The maximum atomic E-state index is 13.7. The molecular weight excluding hydrogens is 397 g/mol. The van der Waals surface area contributed by atoms with E-state index in [1.165, 1.54) is 29.8 Å². The van der Waals surface area contributed by atoms with Gasteiger partial charge in [0.15, 0.2) is 0 Å². The topological polar surface area (TPSA) is 87.6 Å². The van der Waals surface area contributed by atoms with Gasteiger partial charge < -0.3 is 20.2 Å². The lowest BCUT2D eigenvalue weighted by Gasteiger charge is -2.30. The van der Waals surface area contributed by atoms with Crippen LogP contribution in [0.25, 0.3) is 22.2 Å². The first-order valence-corrected chi connectivity index (χ1v) is 9.89. The van der Waals surface area contributed by atoms with Gasteiger partial charge in [-0.2, -0.15) is 13.2 Å². The van der Waals surface area contributed by atoms with Gasteiger partial charge >= 0.3 is 6.18 Å². The molecule has 158 valence electrons. The summed E-state index contributed by atoms with van der Waals surface area (Å²) < 4.78 is 42.4. The predicted octanol–water partition coefficient (Wildman–Crippen LogP) is 3.04. The third-order valence-electron chi connectivity index (χ3n) is 6.15. The van der Waals surface area contributed by atoms with E-state index >= 15 is 0 Å². The number of hydrogen-bond donors (Lipinski definition) is 3. The zero-order chi connectivity index (χ0) is 21.1. The number of alkyl halides is 3. The van der Waals surface area contributed by atoms with Gasteiger partial charge in [-0.25, -0.2) is 9.97 Å². The van der Waals surface area contributed by atoms with Crippen molar-refractivity contribution in [3.63, 3.8) is 0 Å². The maximum Gasteiger partial charge on any atom is 0.419 e. The fraction of sp³-hybridized carbons (Fsp3) is 0.450. The van der Waals surface area contributed by atoms with Gasteiger partial charge in [0, 0.05) is 54.7 Å². The van der Waals surface area contributed by atoms with Crippen molar-refractivity contribution >= 4 is 16.9 Å². The van der Waals surface area contributed by atoms with Crippen LogP contribution in [0.5, 0.6) is 0 Å². The number of nitrogens with one attached hydrogen (secondary N) is 3. The molecule has 0 amide bonds. The van der Waals surface area contributed by atoms with Gasteiger partial charge in [0.05, 0.1) is 5.69 Å². The second kappa shape index (κ2) is 6.56. The van der Waals surface area contributed by atoms with Gasteiger partial charge in [-0.3, -0.25) is 4.79 Å². The fourth-order valence-corrected chi connectivity index (χ4v) is 4.14. The molecule has 0 unspecified atom stereocenters. The maximum absolute atomic E-state index is 13.7. The van der Waals surface area contributed by atoms with Gasteiger partial charge in [-0.05, 0) is 31.7 Å². The van der Waals surface area contributed by atoms with Crippen LogP contribution in [0.3, 0.4) is 0 Å². The smallest absolute Gasteiger partial charge is 0.356 e. The highest BCUT2D eigenvalue weighted by atomic mass is 19.4. The highest BCUT2D eigenvalue weighted by molar-refractivity contribution is 5.94. The minimum absolute atomic E-state index is 0.0519. The summed E-state index contributed by atoms with van der Waals surface area (Å²) in [5.41, 5.74) is -0.764. The number of pyridine rings is 1. The zero-order valence-corrected chi connectivity index (χ0v) is 16.3. The molecule has 0 aromatic carbocycles. The molecule has 1 saturated heterocycles.